The first-order valence-electron chi connectivity index (χ1n) is 11.7. The monoisotopic (exact) mass is 448 g/mol. The Labute approximate surface area is 197 Å². The van der Waals surface area contributed by atoms with Gasteiger partial charge in [0.2, 0.25) is 0 Å². The summed E-state index contributed by atoms with van der Waals surface area (Å²) in [5, 5.41) is 17.1. The third-order valence-corrected chi connectivity index (χ3v) is 6.84. The van der Waals surface area contributed by atoms with E-state index in [0.717, 1.165) is 35.6 Å². The van der Waals surface area contributed by atoms with Crippen molar-refractivity contribution in [3.05, 3.63) is 90.6 Å². The van der Waals surface area contributed by atoms with Crippen LogP contribution in [-0.2, 0) is 16.1 Å². The summed E-state index contributed by atoms with van der Waals surface area (Å²) < 4.78 is 13.5. The van der Waals surface area contributed by atoms with Gasteiger partial charge in [-0.05, 0) is 57.4 Å². The zero-order valence-corrected chi connectivity index (χ0v) is 18.6. The van der Waals surface area contributed by atoms with Gasteiger partial charge >= 0.3 is 0 Å². The molecule has 0 unspecified atom stereocenters. The topological polar surface area (TPSA) is 64.5 Å². The largest absolute Gasteiger partial charge is 0.369 e. The highest BCUT2D eigenvalue weighted by Gasteiger charge is 2.48. The molecule has 0 radical (unpaired) electrons. The first kappa shape index (κ1) is 19.9. The smallest absolute Gasteiger partial charge is 0.113 e. The summed E-state index contributed by atoms with van der Waals surface area (Å²) in [5.41, 5.74) is 4.01. The summed E-state index contributed by atoms with van der Waals surface area (Å²) in [6.07, 6.45) is 2.72. The average Bonchev–Trinajstić information content (AvgIpc) is 3.53. The Morgan fingerprint density at radius 1 is 0.882 bits per heavy atom. The summed E-state index contributed by atoms with van der Waals surface area (Å²) in [7, 11) is 0. The van der Waals surface area contributed by atoms with Crippen molar-refractivity contribution in [2.75, 3.05) is 13.1 Å². The van der Waals surface area contributed by atoms with Crippen molar-refractivity contribution in [2.24, 2.45) is 0 Å². The van der Waals surface area contributed by atoms with Gasteiger partial charge in [0, 0.05) is 18.7 Å². The second kappa shape index (κ2) is 8.02. The van der Waals surface area contributed by atoms with Gasteiger partial charge in [-0.2, -0.15) is 0 Å². The molecular formula is C28H24N4O2. The van der Waals surface area contributed by atoms with Crippen LogP contribution in [0.1, 0.15) is 5.56 Å². The van der Waals surface area contributed by atoms with Gasteiger partial charge < -0.3 is 14.8 Å². The van der Waals surface area contributed by atoms with Crippen LogP contribution in [0.25, 0.3) is 38.5 Å². The molecule has 0 saturated carbocycles. The van der Waals surface area contributed by atoms with E-state index in [2.05, 4.69) is 94.5 Å². The molecule has 2 aliphatic heterocycles. The zero-order valence-electron chi connectivity index (χ0n) is 18.6. The van der Waals surface area contributed by atoms with E-state index < -0.39 is 0 Å². The number of nitrogens with one attached hydrogen (secondary N) is 1. The fraction of sp³-hybridized carbons (Fsp3) is 0.214. The van der Waals surface area contributed by atoms with Crippen LogP contribution in [0.15, 0.2) is 85.1 Å². The number of hydrogen-bond donors (Lipinski definition) is 1. The van der Waals surface area contributed by atoms with E-state index in [1.807, 2.05) is 10.9 Å². The maximum atomic E-state index is 6.07. The molecule has 3 heterocycles. The molecular weight excluding hydrogens is 424 g/mol. The minimum atomic E-state index is 0.135. The fourth-order valence-electron chi connectivity index (χ4n) is 4.86. The molecule has 3 atom stereocenters. The number of ether oxygens (including phenoxy) is 2. The van der Waals surface area contributed by atoms with Crippen molar-refractivity contribution < 1.29 is 9.47 Å². The molecule has 168 valence electrons. The van der Waals surface area contributed by atoms with E-state index in [0.29, 0.717) is 12.7 Å². The lowest BCUT2D eigenvalue weighted by Crippen LogP contribution is -2.41. The SMILES string of the molecule is c1ccc2cc3cc(-c4cn(-c5ccc(CO[C@@H]6CNC[C@H]7O[C@@H]67)cc5)nn4)ccc3cc2c1. The number of epoxide rings is 1. The first-order valence-corrected chi connectivity index (χ1v) is 11.7. The Kier molecular flexibility index (Phi) is 4.68. The fourth-order valence-corrected chi connectivity index (χ4v) is 4.86. The number of fused-ring (bicyclic) bond motifs is 3. The lowest BCUT2D eigenvalue weighted by atomic mass is 10.0. The molecule has 0 aliphatic carbocycles. The molecule has 34 heavy (non-hydrogen) atoms. The third-order valence-electron chi connectivity index (χ3n) is 6.84. The predicted octanol–water partition coefficient (Wildman–Crippen LogP) is 4.50. The van der Waals surface area contributed by atoms with Gasteiger partial charge in [0.05, 0.1) is 30.7 Å². The highest BCUT2D eigenvalue weighted by atomic mass is 16.6. The maximum absolute atomic E-state index is 6.07. The van der Waals surface area contributed by atoms with Crippen LogP contribution in [0.5, 0.6) is 0 Å². The van der Waals surface area contributed by atoms with E-state index >= 15 is 0 Å². The Morgan fingerprint density at radius 2 is 1.68 bits per heavy atom. The maximum Gasteiger partial charge on any atom is 0.113 e. The Bertz CT molecular complexity index is 1490. The Morgan fingerprint density at radius 3 is 2.53 bits per heavy atom. The van der Waals surface area contributed by atoms with Gasteiger partial charge in [-0.1, -0.05) is 53.7 Å². The summed E-state index contributed by atoms with van der Waals surface area (Å²) >= 11 is 0. The van der Waals surface area contributed by atoms with Gasteiger partial charge in [0.1, 0.15) is 11.8 Å². The van der Waals surface area contributed by atoms with Crippen molar-refractivity contribution in [3.63, 3.8) is 0 Å². The number of piperidine rings is 1. The molecule has 2 saturated heterocycles. The zero-order chi connectivity index (χ0) is 22.5. The minimum Gasteiger partial charge on any atom is -0.369 e. The molecule has 2 fully saturated rings. The van der Waals surface area contributed by atoms with Crippen LogP contribution in [-0.4, -0.2) is 46.4 Å². The van der Waals surface area contributed by atoms with Crippen molar-refractivity contribution in [1.82, 2.24) is 20.3 Å². The van der Waals surface area contributed by atoms with Gasteiger partial charge in [0.25, 0.3) is 0 Å². The van der Waals surface area contributed by atoms with Gasteiger partial charge in [-0.25, -0.2) is 4.68 Å². The lowest BCUT2D eigenvalue weighted by Gasteiger charge is -2.20. The van der Waals surface area contributed by atoms with Gasteiger partial charge in [-0.3, -0.25) is 0 Å². The second-order valence-corrected chi connectivity index (χ2v) is 9.12. The highest BCUT2D eigenvalue weighted by Crippen LogP contribution is 2.30. The first-order chi connectivity index (χ1) is 16.8. The third kappa shape index (κ3) is 3.66. The number of nitrogens with zero attached hydrogens (tertiary/aromatic N) is 3. The standard InChI is InChI=1S/C28H24N4O2/c1-2-4-20-12-23-13-22(8-7-21(23)11-19(20)3-1)25-16-32(31-30-25)24-9-5-18(6-10-24)17-33-26-14-29-15-27-28(26)34-27/h1-13,16,26-29H,14-15,17H2/t26-,27-,28+/m1/s1. The quantitative estimate of drug-likeness (QED) is 0.317. The minimum absolute atomic E-state index is 0.135. The molecule has 1 N–H and O–H groups in total. The summed E-state index contributed by atoms with van der Waals surface area (Å²) in [6, 6.07) is 27.6. The molecule has 4 aromatic carbocycles. The Balaban J connectivity index is 1.09. The number of hydrogen-bond acceptors (Lipinski definition) is 5. The summed E-state index contributed by atoms with van der Waals surface area (Å²) in [6.45, 7) is 2.37. The van der Waals surface area contributed by atoms with Crippen molar-refractivity contribution in [3.8, 4) is 16.9 Å². The molecule has 7 rings (SSSR count). The average molecular weight is 449 g/mol. The predicted molar refractivity (Wildman–Crippen MR) is 132 cm³/mol. The van der Waals surface area contributed by atoms with Crippen molar-refractivity contribution in [2.45, 2.75) is 24.9 Å². The molecule has 0 amide bonds. The summed E-state index contributed by atoms with van der Waals surface area (Å²) in [4.78, 5) is 0. The van der Waals surface area contributed by atoms with Gasteiger partial charge in [-0.15, -0.1) is 5.10 Å². The van der Waals surface area contributed by atoms with Crippen LogP contribution in [0.3, 0.4) is 0 Å². The second-order valence-electron chi connectivity index (χ2n) is 9.12. The van der Waals surface area contributed by atoms with E-state index in [-0.39, 0.29) is 12.2 Å². The van der Waals surface area contributed by atoms with E-state index in [9.17, 15) is 0 Å². The van der Waals surface area contributed by atoms with E-state index in [1.54, 1.807) is 0 Å². The molecule has 0 spiro atoms. The highest BCUT2D eigenvalue weighted by molar-refractivity contribution is 5.99. The van der Waals surface area contributed by atoms with E-state index in [1.165, 1.54) is 21.5 Å². The van der Waals surface area contributed by atoms with Crippen LogP contribution in [0.2, 0.25) is 0 Å². The summed E-state index contributed by atoms with van der Waals surface area (Å²) in [5.74, 6) is 0. The molecule has 0 bridgehead atoms. The molecule has 6 heteroatoms. The van der Waals surface area contributed by atoms with Gasteiger partial charge in [0.15, 0.2) is 0 Å². The van der Waals surface area contributed by atoms with E-state index in [4.69, 9.17) is 9.47 Å². The van der Waals surface area contributed by atoms with Crippen LogP contribution < -0.4 is 5.32 Å². The Hall–Kier alpha value is -3.58. The van der Waals surface area contributed by atoms with Crippen molar-refractivity contribution in [1.29, 1.82) is 0 Å². The molecule has 1 aromatic heterocycles. The number of benzene rings is 4. The number of rotatable bonds is 5. The molecule has 5 aromatic rings. The van der Waals surface area contributed by atoms with Crippen LogP contribution in [0.4, 0.5) is 0 Å². The van der Waals surface area contributed by atoms with Crippen molar-refractivity contribution >= 4 is 21.5 Å². The normalized spacial score (nSPS) is 21.6. The lowest BCUT2D eigenvalue weighted by molar-refractivity contribution is 0.0211. The molecule has 2 aliphatic rings. The van der Waals surface area contributed by atoms with Crippen LogP contribution >= 0.6 is 0 Å². The number of aromatic nitrogens is 3. The van der Waals surface area contributed by atoms with Crippen LogP contribution in [0, 0.1) is 0 Å². The molecule has 6 nitrogen and oxygen atoms in total.